The summed E-state index contributed by atoms with van der Waals surface area (Å²) in [7, 11) is 0. The van der Waals surface area contributed by atoms with Gasteiger partial charge in [-0.3, -0.25) is 4.79 Å². The lowest BCUT2D eigenvalue weighted by Gasteiger charge is -2.22. The normalized spacial score (nSPS) is 13.3. The van der Waals surface area contributed by atoms with Crippen molar-refractivity contribution >= 4 is 58.3 Å². The average molecular weight is 499 g/mol. The molecule has 10 nitrogen and oxygen atoms in total. The van der Waals surface area contributed by atoms with E-state index in [0.717, 1.165) is 34.3 Å². The van der Waals surface area contributed by atoms with Gasteiger partial charge in [0, 0.05) is 28.5 Å². The number of nitrogens with one attached hydrogen (secondary N) is 1. The minimum absolute atomic E-state index is 0.00863. The van der Waals surface area contributed by atoms with Crippen LogP contribution in [0.25, 0.3) is 10.8 Å². The second-order valence-corrected chi connectivity index (χ2v) is 10.1. The molecule has 1 aromatic carbocycles. The van der Waals surface area contributed by atoms with Crippen LogP contribution in [0, 0.1) is 0 Å². The molecule has 4 N–H and O–H groups in total. The number of carbonyl (C=O) groups is 4. The third-order valence-corrected chi connectivity index (χ3v) is 6.41. The molecular formula is C21H26N2O8S2. The summed E-state index contributed by atoms with van der Waals surface area (Å²) < 4.78 is 6.64. The van der Waals surface area contributed by atoms with Crippen LogP contribution >= 0.6 is 23.5 Å². The van der Waals surface area contributed by atoms with Crippen molar-refractivity contribution < 1.29 is 39.2 Å². The monoisotopic (exact) mass is 498 g/mol. The first-order valence-corrected chi connectivity index (χ1v) is 12.0. The maximum Gasteiger partial charge on any atom is 0.408 e. The Hall–Kier alpha value is -2.86. The molecule has 1 amide bonds. The number of benzene rings is 1. The van der Waals surface area contributed by atoms with Gasteiger partial charge in [0.15, 0.2) is 0 Å². The van der Waals surface area contributed by atoms with Crippen LogP contribution in [0.1, 0.15) is 26.8 Å². The maximum absolute atomic E-state index is 12.0. The number of fused-ring (bicyclic) bond motifs is 1. The highest BCUT2D eigenvalue weighted by Crippen LogP contribution is 2.34. The van der Waals surface area contributed by atoms with Crippen molar-refractivity contribution in [2.24, 2.45) is 0 Å². The van der Waals surface area contributed by atoms with Crippen molar-refractivity contribution in [1.82, 2.24) is 9.88 Å². The van der Waals surface area contributed by atoms with Gasteiger partial charge in [-0.15, -0.1) is 23.5 Å². The number of hydrogen-bond donors (Lipinski definition) is 4. The lowest BCUT2D eigenvalue weighted by atomic mass is 10.2. The highest BCUT2D eigenvalue weighted by molar-refractivity contribution is 8.00. The fraction of sp³-hybridized carbons (Fsp3) is 0.429. The molecule has 0 saturated carbocycles. The highest BCUT2D eigenvalue weighted by Gasteiger charge is 2.28. The van der Waals surface area contributed by atoms with Crippen LogP contribution in [0.4, 0.5) is 4.79 Å². The van der Waals surface area contributed by atoms with Crippen molar-refractivity contribution in [3.63, 3.8) is 0 Å². The van der Waals surface area contributed by atoms with E-state index in [-0.39, 0.29) is 17.3 Å². The fourth-order valence-corrected chi connectivity index (χ4v) is 4.89. The lowest BCUT2D eigenvalue weighted by molar-refractivity contribution is -0.140. The van der Waals surface area contributed by atoms with E-state index in [9.17, 15) is 29.4 Å². The molecule has 0 unspecified atom stereocenters. The summed E-state index contributed by atoms with van der Waals surface area (Å²) in [4.78, 5) is 46.6. The molecule has 2 aromatic rings. The molecule has 0 aliphatic heterocycles. The molecule has 12 heteroatoms. The number of carboxylic acid groups (broad SMARTS) is 3. The summed E-state index contributed by atoms with van der Waals surface area (Å²) in [5, 5.41) is 32.5. The second-order valence-electron chi connectivity index (χ2n) is 8.04. The van der Waals surface area contributed by atoms with Crippen LogP contribution in [0.3, 0.4) is 0 Å². The van der Waals surface area contributed by atoms with Crippen LogP contribution < -0.4 is 5.32 Å². The van der Waals surface area contributed by atoms with Gasteiger partial charge in [-0.1, -0.05) is 24.3 Å². The van der Waals surface area contributed by atoms with Gasteiger partial charge in [-0.2, -0.15) is 0 Å². The van der Waals surface area contributed by atoms with Gasteiger partial charge in [0.2, 0.25) is 0 Å². The van der Waals surface area contributed by atoms with E-state index in [4.69, 9.17) is 9.84 Å². The van der Waals surface area contributed by atoms with Crippen LogP contribution in [-0.2, 0) is 19.1 Å². The maximum atomic E-state index is 12.0. The number of hydrogen-bond acceptors (Lipinski definition) is 7. The minimum Gasteiger partial charge on any atom is -0.481 e. The number of thioether (sulfide) groups is 2. The number of carboxylic acids is 3. The highest BCUT2D eigenvalue weighted by atomic mass is 32.2. The molecule has 0 spiro atoms. The van der Waals surface area contributed by atoms with Gasteiger partial charge < -0.3 is 29.9 Å². The Balaban J connectivity index is 2.30. The summed E-state index contributed by atoms with van der Waals surface area (Å²) in [5.41, 5.74) is -0.798. The summed E-state index contributed by atoms with van der Waals surface area (Å²) in [5.74, 6) is -3.77. The third-order valence-electron chi connectivity index (χ3n) is 4.20. The standard InChI is InChI=1S/C21H26N2O8S2/c1-21(2,3)31-20(30)22-14(18(26)27)9-33-17-13-7-5-4-6-12(13)8-23(17)15(19(28)29)10-32-11-16(24)25/h4-8,14-15H,9-11H2,1-3H3,(H,22,30)(H,24,25)(H,26,27)(H,28,29)/t14-,15-/m0/s1. The summed E-state index contributed by atoms with van der Waals surface area (Å²) in [6.07, 6.45) is 0.777. The van der Waals surface area contributed by atoms with E-state index in [0.29, 0.717) is 5.03 Å². The Morgan fingerprint density at radius 3 is 2.30 bits per heavy atom. The van der Waals surface area contributed by atoms with E-state index in [2.05, 4.69) is 5.32 Å². The molecular weight excluding hydrogens is 472 g/mol. The smallest absolute Gasteiger partial charge is 0.408 e. The Kier molecular flexibility index (Phi) is 9.06. The number of nitrogens with zero attached hydrogens (tertiary/aromatic N) is 1. The van der Waals surface area contributed by atoms with Crippen molar-refractivity contribution in [1.29, 1.82) is 0 Å². The van der Waals surface area contributed by atoms with Gasteiger partial charge in [0.25, 0.3) is 0 Å². The predicted octanol–water partition coefficient (Wildman–Crippen LogP) is 3.15. The molecule has 180 valence electrons. The molecule has 1 heterocycles. The Morgan fingerprint density at radius 1 is 1.06 bits per heavy atom. The van der Waals surface area contributed by atoms with Gasteiger partial charge in [0.05, 0.1) is 10.8 Å². The molecule has 2 rings (SSSR count). The first-order valence-electron chi connectivity index (χ1n) is 9.86. The zero-order valence-electron chi connectivity index (χ0n) is 18.3. The van der Waals surface area contributed by atoms with Crippen molar-refractivity contribution in [2.45, 2.75) is 43.5 Å². The van der Waals surface area contributed by atoms with Crippen molar-refractivity contribution in [3.05, 3.63) is 30.5 Å². The number of amides is 1. The van der Waals surface area contributed by atoms with E-state index < -0.39 is 41.7 Å². The minimum atomic E-state index is -1.28. The number of alkyl carbamates (subject to hydrolysis) is 1. The molecule has 0 saturated heterocycles. The Labute approximate surface area is 198 Å². The van der Waals surface area contributed by atoms with Gasteiger partial charge in [-0.25, -0.2) is 14.4 Å². The predicted molar refractivity (Wildman–Crippen MR) is 125 cm³/mol. The van der Waals surface area contributed by atoms with Crippen molar-refractivity contribution in [3.8, 4) is 0 Å². The van der Waals surface area contributed by atoms with E-state index in [1.807, 2.05) is 0 Å². The largest absolute Gasteiger partial charge is 0.481 e. The number of aliphatic carboxylic acids is 3. The van der Waals surface area contributed by atoms with Crippen LogP contribution in [0.2, 0.25) is 0 Å². The molecule has 33 heavy (non-hydrogen) atoms. The van der Waals surface area contributed by atoms with Crippen LogP contribution in [-0.4, -0.2) is 72.8 Å². The SMILES string of the molecule is CC(C)(C)OC(=O)N[C@@H](CSc1c2ccccc2cn1[C@@H](CSCC(=O)O)C(=O)O)C(=O)O. The molecule has 0 aliphatic rings. The lowest BCUT2D eigenvalue weighted by Crippen LogP contribution is -2.45. The van der Waals surface area contributed by atoms with Gasteiger partial charge >= 0.3 is 24.0 Å². The first kappa shape index (κ1) is 26.4. The zero-order chi connectivity index (χ0) is 24.8. The summed E-state index contributed by atoms with van der Waals surface area (Å²) >= 11 is 2.06. The molecule has 0 fully saturated rings. The van der Waals surface area contributed by atoms with Gasteiger partial charge in [-0.05, 0) is 20.8 Å². The quantitative estimate of drug-likeness (QED) is 0.339. The van der Waals surface area contributed by atoms with E-state index in [1.165, 1.54) is 4.57 Å². The van der Waals surface area contributed by atoms with Crippen LogP contribution in [0.5, 0.6) is 0 Å². The Morgan fingerprint density at radius 2 is 1.73 bits per heavy atom. The molecule has 0 bridgehead atoms. The zero-order valence-corrected chi connectivity index (χ0v) is 19.9. The summed E-state index contributed by atoms with van der Waals surface area (Å²) in [6, 6.07) is 4.81. The van der Waals surface area contributed by atoms with Crippen LogP contribution in [0.15, 0.2) is 35.5 Å². The molecule has 0 aliphatic carbocycles. The van der Waals surface area contributed by atoms with Crippen molar-refractivity contribution in [2.75, 3.05) is 17.3 Å². The Bertz CT molecular complexity index is 1030. The topological polar surface area (TPSA) is 155 Å². The third kappa shape index (κ3) is 7.90. The average Bonchev–Trinajstić information content (AvgIpc) is 3.04. The second kappa shape index (κ2) is 11.3. The van der Waals surface area contributed by atoms with E-state index in [1.54, 1.807) is 51.2 Å². The number of carbonyl (C=O) groups excluding carboxylic acids is 1. The molecule has 1 aromatic heterocycles. The van der Waals surface area contributed by atoms with Gasteiger partial charge in [0.1, 0.15) is 17.7 Å². The molecule has 2 atom stereocenters. The summed E-state index contributed by atoms with van der Waals surface area (Å²) in [6.45, 7) is 4.97. The fourth-order valence-electron chi connectivity index (χ4n) is 2.85. The number of ether oxygens (including phenoxy) is 1. The van der Waals surface area contributed by atoms with E-state index >= 15 is 0 Å². The first-order chi connectivity index (χ1) is 15.4. The molecule has 0 radical (unpaired) electrons. The number of aromatic nitrogens is 1. The number of rotatable bonds is 11.